The number of ether oxygens (including phenoxy) is 1. The monoisotopic (exact) mass is 322 g/mol. The first kappa shape index (κ1) is 17.2. The maximum atomic E-state index is 12.2. The number of thioether (sulfide) groups is 1. The topological polar surface area (TPSA) is 41.6 Å². The van der Waals surface area contributed by atoms with Crippen LogP contribution >= 0.6 is 11.8 Å². The minimum absolute atomic E-state index is 0.0647. The Morgan fingerprint density at radius 2 is 2.23 bits per heavy atom. The van der Waals surface area contributed by atoms with E-state index in [0.29, 0.717) is 12.5 Å². The number of hydrogen-bond donors (Lipinski definition) is 1. The minimum Gasteiger partial charge on any atom is -0.381 e. The van der Waals surface area contributed by atoms with E-state index in [2.05, 4.69) is 17.4 Å². The molecule has 4 nitrogen and oxygen atoms in total. The molecule has 2 rings (SSSR count). The van der Waals surface area contributed by atoms with E-state index in [1.807, 2.05) is 30.0 Å². The number of carbonyl (C=O) groups is 1. The maximum Gasteiger partial charge on any atom is 0.317 e. The Labute approximate surface area is 137 Å². The van der Waals surface area contributed by atoms with Crippen molar-refractivity contribution in [2.75, 3.05) is 38.6 Å². The van der Waals surface area contributed by atoms with Gasteiger partial charge in [0.2, 0.25) is 0 Å². The highest BCUT2D eigenvalue weighted by Gasteiger charge is 2.23. The number of benzene rings is 1. The van der Waals surface area contributed by atoms with Crippen molar-refractivity contribution >= 4 is 17.8 Å². The Hall–Kier alpha value is -1.20. The standard InChI is InChI=1S/C17H26N2O2S/c1-2-21-14-15-7-6-11-19(13-15)17(20)18-10-12-22-16-8-4-3-5-9-16/h3-5,8-9,15H,2,6-7,10-14H2,1H3,(H,18,20)/t15-/m1/s1. The molecular formula is C17H26N2O2S. The highest BCUT2D eigenvalue weighted by atomic mass is 32.2. The van der Waals surface area contributed by atoms with Gasteiger partial charge in [-0.05, 0) is 31.9 Å². The summed E-state index contributed by atoms with van der Waals surface area (Å²) in [5.74, 6) is 1.38. The third-order valence-electron chi connectivity index (χ3n) is 3.75. The van der Waals surface area contributed by atoms with Crippen LogP contribution < -0.4 is 5.32 Å². The van der Waals surface area contributed by atoms with E-state index in [9.17, 15) is 4.79 Å². The van der Waals surface area contributed by atoms with Gasteiger partial charge >= 0.3 is 6.03 Å². The molecule has 1 aliphatic heterocycles. The lowest BCUT2D eigenvalue weighted by molar-refractivity contribution is 0.0757. The molecule has 0 saturated carbocycles. The van der Waals surface area contributed by atoms with Crippen LogP contribution in [0, 0.1) is 5.92 Å². The first-order chi connectivity index (χ1) is 10.8. The molecule has 1 aliphatic rings. The van der Waals surface area contributed by atoms with Gasteiger partial charge in [0.1, 0.15) is 0 Å². The average molecular weight is 322 g/mol. The van der Waals surface area contributed by atoms with Gasteiger partial charge in [-0.25, -0.2) is 4.79 Å². The van der Waals surface area contributed by atoms with Crippen LogP contribution in [-0.2, 0) is 4.74 Å². The van der Waals surface area contributed by atoms with E-state index in [0.717, 1.165) is 44.9 Å². The molecule has 0 spiro atoms. The highest BCUT2D eigenvalue weighted by molar-refractivity contribution is 7.99. The summed E-state index contributed by atoms with van der Waals surface area (Å²) < 4.78 is 5.49. The summed E-state index contributed by atoms with van der Waals surface area (Å²) in [5, 5.41) is 3.02. The first-order valence-corrected chi connectivity index (χ1v) is 9.06. The second-order valence-electron chi connectivity index (χ2n) is 5.51. The second-order valence-corrected chi connectivity index (χ2v) is 6.68. The molecule has 22 heavy (non-hydrogen) atoms. The molecule has 1 aromatic carbocycles. The van der Waals surface area contributed by atoms with E-state index >= 15 is 0 Å². The van der Waals surface area contributed by atoms with Gasteiger partial charge in [0, 0.05) is 42.8 Å². The zero-order valence-electron chi connectivity index (χ0n) is 13.3. The van der Waals surface area contributed by atoms with Crippen LogP contribution in [-0.4, -0.2) is 49.5 Å². The van der Waals surface area contributed by atoms with Crippen LogP contribution in [0.4, 0.5) is 4.79 Å². The molecule has 1 heterocycles. The third-order valence-corrected chi connectivity index (χ3v) is 4.77. The molecule has 0 aliphatic carbocycles. The summed E-state index contributed by atoms with van der Waals surface area (Å²) in [5.41, 5.74) is 0. The summed E-state index contributed by atoms with van der Waals surface area (Å²) >= 11 is 1.77. The van der Waals surface area contributed by atoms with Gasteiger partial charge in [-0.1, -0.05) is 18.2 Å². The van der Waals surface area contributed by atoms with Gasteiger partial charge in [-0.15, -0.1) is 11.8 Å². The molecule has 1 aromatic rings. The molecule has 0 aromatic heterocycles. The van der Waals surface area contributed by atoms with E-state index in [1.54, 1.807) is 11.8 Å². The van der Waals surface area contributed by atoms with Gasteiger partial charge in [0.05, 0.1) is 6.61 Å². The number of amides is 2. The van der Waals surface area contributed by atoms with Crippen LogP contribution in [0.15, 0.2) is 35.2 Å². The number of nitrogens with zero attached hydrogens (tertiary/aromatic N) is 1. The van der Waals surface area contributed by atoms with E-state index in [-0.39, 0.29) is 6.03 Å². The van der Waals surface area contributed by atoms with Gasteiger partial charge in [-0.2, -0.15) is 0 Å². The van der Waals surface area contributed by atoms with Gasteiger partial charge in [-0.3, -0.25) is 0 Å². The van der Waals surface area contributed by atoms with Gasteiger partial charge in [0.15, 0.2) is 0 Å². The Bertz CT molecular complexity index is 442. The lowest BCUT2D eigenvalue weighted by Crippen LogP contribution is -2.46. The van der Waals surface area contributed by atoms with E-state index in [4.69, 9.17) is 4.74 Å². The number of carbonyl (C=O) groups excluding carboxylic acids is 1. The van der Waals surface area contributed by atoms with Crippen molar-refractivity contribution < 1.29 is 9.53 Å². The molecule has 2 amide bonds. The molecule has 0 unspecified atom stereocenters. The number of hydrogen-bond acceptors (Lipinski definition) is 3. The van der Waals surface area contributed by atoms with Crippen LogP contribution in [0.25, 0.3) is 0 Å². The second kappa shape index (κ2) is 9.74. The van der Waals surface area contributed by atoms with Gasteiger partial charge < -0.3 is 15.0 Å². The SMILES string of the molecule is CCOC[C@@H]1CCCN(C(=O)NCCSc2ccccc2)C1. The Morgan fingerprint density at radius 1 is 1.41 bits per heavy atom. The van der Waals surface area contributed by atoms with Crippen LogP contribution in [0.1, 0.15) is 19.8 Å². The molecule has 0 bridgehead atoms. The molecular weight excluding hydrogens is 296 g/mol. The molecule has 1 N–H and O–H groups in total. The fraction of sp³-hybridized carbons (Fsp3) is 0.588. The predicted octanol–water partition coefficient (Wildman–Crippen LogP) is 3.24. The lowest BCUT2D eigenvalue weighted by Gasteiger charge is -2.32. The molecule has 5 heteroatoms. The minimum atomic E-state index is 0.0647. The number of piperidine rings is 1. The number of rotatable bonds is 7. The summed E-state index contributed by atoms with van der Waals surface area (Å²) in [7, 11) is 0. The normalized spacial score (nSPS) is 18.2. The summed E-state index contributed by atoms with van der Waals surface area (Å²) in [6.45, 7) is 5.91. The molecule has 122 valence electrons. The first-order valence-electron chi connectivity index (χ1n) is 8.08. The van der Waals surface area contributed by atoms with Crippen molar-refractivity contribution in [1.29, 1.82) is 0 Å². The van der Waals surface area contributed by atoms with Crippen molar-refractivity contribution in [3.63, 3.8) is 0 Å². The van der Waals surface area contributed by atoms with Gasteiger partial charge in [0.25, 0.3) is 0 Å². The Balaban J connectivity index is 1.64. The highest BCUT2D eigenvalue weighted by Crippen LogP contribution is 2.17. The van der Waals surface area contributed by atoms with Crippen LogP contribution in [0.5, 0.6) is 0 Å². The maximum absolute atomic E-state index is 12.2. The fourth-order valence-corrected chi connectivity index (χ4v) is 3.41. The largest absolute Gasteiger partial charge is 0.381 e. The lowest BCUT2D eigenvalue weighted by atomic mass is 9.99. The zero-order chi connectivity index (χ0) is 15.6. The molecule has 1 fully saturated rings. The van der Waals surface area contributed by atoms with Crippen LogP contribution in [0.2, 0.25) is 0 Å². The quantitative estimate of drug-likeness (QED) is 0.619. The Kier molecular flexibility index (Phi) is 7.60. The van der Waals surface area contributed by atoms with Crippen molar-refractivity contribution in [3.8, 4) is 0 Å². The summed E-state index contributed by atoms with van der Waals surface area (Å²) in [4.78, 5) is 15.4. The van der Waals surface area contributed by atoms with E-state index < -0.39 is 0 Å². The molecule has 1 saturated heterocycles. The molecule has 1 atom stereocenters. The van der Waals surface area contributed by atoms with Crippen molar-refractivity contribution in [3.05, 3.63) is 30.3 Å². The third kappa shape index (κ3) is 5.89. The number of nitrogens with one attached hydrogen (secondary N) is 1. The predicted molar refractivity (Wildman–Crippen MR) is 91.4 cm³/mol. The smallest absolute Gasteiger partial charge is 0.317 e. The van der Waals surface area contributed by atoms with Crippen LogP contribution in [0.3, 0.4) is 0 Å². The fourth-order valence-electron chi connectivity index (χ4n) is 2.63. The average Bonchev–Trinajstić information content (AvgIpc) is 2.58. The van der Waals surface area contributed by atoms with E-state index in [1.165, 1.54) is 4.90 Å². The summed E-state index contributed by atoms with van der Waals surface area (Å²) in [6, 6.07) is 10.3. The molecule has 0 radical (unpaired) electrons. The number of likely N-dealkylation sites (tertiary alicyclic amines) is 1. The van der Waals surface area contributed by atoms with Crippen molar-refractivity contribution in [1.82, 2.24) is 10.2 Å². The van der Waals surface area contributed by atoms with Crippen molar-refractivity contribution in [2.24, 2.45) is 5.92 Å². The number of urea groups is 1. The summed E-state index contributed by atoms with van der Waals surface area (Å²) in [6.07, 6.45) is 2.23. The van der Waals surface area contributed by atoms with Crippen molar-refractivity contribution in [2.45, 2.75) is 24.7 Å². The zero-order valence-corrected chi connectivity index (χ0v) is 14.1. The Morgan fingerprint density at radius 3 is 3.00 bits per heavy atom.